The van der Waals surface area contributed by atoms with Crippen LogP contribution < -0.4 is 5.32 Å². The van der Waals surface area contributed by atoms with E-state index in [1.807, 2.05) is 6.07 Å². The van der Waals surface area contributed by atoms with Gasteiger partial charge in [0, 0.05) is 10.0 Å². The summed E-state index contributed by atoms with van der Waals surface area (Å²) >= 11 is 11.3. The van der Waals surface area contributed by atoms with Crippen molar-refractivity contribution < 1.29 is 8.78 Å². The van der Waals surface area contributed by atoms with E-state index in [0.29, 0.717) is 4.47 Å². The molecule has 102 valence electrons. The highest BCUT2D eigenvalue weighted by Crippen LogP contribution is 2.39. The van der Waals surface area contributed by atoms with Gasteiger partial charge in [-0.15, -0.1) is 11.3 Å². The molecule has 0 aliphatic rings. The van der Waals surface area contributed by atoms with E-state index in [1.54, 1.807) is 7.05 Å². The Bertz CT molecular complexity index is 592. The molecular weight excluding hydrogens is 468 g/mol. The van der Waals surface area contributed by atoms with Crippen molar-refractivity contribution in [2.75, 3.05) is 7.05 Å². The molecule has 0 saturated heterocycles. The van der Waals surface area contributed by atoms with Crippen LogP contribution in [0.1, 0.15) is 17.2 Å². The largest absolute Gasteiger partial charge is 0.309 e. The van der Waals surface area contributed by atoms with Crippen LogP contribution in [-0.2, 0) is 0 Å². The highest BCUT2D eigenvalue weighted by Gasteiger charge is 2.24. The van der Waals surface area contributed by atoms with Gasteiger partial charge in [0.15, 0.2) is 0 Å². The second-order valence-electron chi connectivity index (χ2n) is 3.78. The summed E-state index contributed by atoms with van der Waals surface area (Å²) in [7, 11) is 1.67. The van der Waals surface area contributed by atoms with Crippen molar-refractivity contribution >= 4 is 59.1 Å². The molecule has 1 aromatic carbocycles. The molecule has 0 spiro atoms. The summed E-state index contributed by atoms with van der Waals surface area (Å²) in [6, 6.07) is 3.82. The normalized spacial score (nSPS) is 12.7. The van der Waals surface area contributed by atoms with Crippen LogP contribution in [-0.4, -0.2) is 7.05 Å². The van der Waals surface area contributed by atoms with Gasteiger partial charge in [0.1, 0.15) is 11.6 Å². The Balaban J connectivity index is 2.57. The molecular formula is C12H8Br3F2NS. The average molecular weight is 476 g/mol. The van der Waals surface area contributed by atoms with Crippen molar-refractivity contribution in [1.82, 2.24) is 5.32 Å². The van der Waals surface area contributed by atoms with E-state index in [4.69, 9.17) is 0 Å². The minimum atomic E-state index is -0.583. The number of hydrogen-bond donors (Lipinski definition) is 1. The predicted octanol–water partition coefficient (Wildman–Crippen LogP) is 5.62. The zero-order chi connectivity index (χ0) is 14.2. The number of hydrogen-bond acceptors (Lipinski definition) is 2. The Labute approximate surface area is 138 Å². The van der Waals surface area contributed by atoms with Crippen LogP contribution in [0.15, 0.2) is 30.2 Å². The van der Waals surface area contributed by atoms with E-state index in [1.165, 1.54) is 23.5 Å². The molecule has 7 heteroatoms. The quantitative estimate of drug-likeness (QED) is 0.607. The van der Waals surface area contributed by atoms with Crippen molar-refractivity contribution in [2.45, 2.75) is 6.04 Å². The van der Waals surface area contributed by atoms with Crippen molar-refractivity contribution in [2.24, 2.45) is 0 Å². The zero-order valence-electron chi connectivity index (χ0n) is 9.61. The molecule has 0 amide bonds. The Morgan fingerprint density at radius 3 is 2.11 bits per heavy atom. The highest BCUT2D eigenvalue weighted by atomic mass is 79.9. The van der Waals surface area contributed by atoms with Crippen LogP contribution in [0.4, 0.5) is 8.78 Å². The summed E-state index contributed by atoms with van der Waals surface area (Å²) < 4.78 is 30.2. The second-order valence-corrected chi connectivity index (χ2v) is 8.45. The monoisotopic (exact) mass is 473 g/mol. The minimum Gasteiger partial charge on any atom is -0.309 e. The Morgan fingerprint density at radius 1 is 1.11 bits per heavy atom. The lowest BCUT2D eigenvalue weighted by molar-refractivity contribution is 0.521. The van der Waals surface area contributed by atoms with E-state index in [0.717, 1.165) is 13.1 Å². The predicted molar refractivity (Wildman–Crippen MR) is 84.7 cm³/mol. The standard InChI is InChI=1S/C12H8Br3F2NS/c1-18-11(6-4-9(14)19-12(6)15)10-7(16)2-5(13)3-8(10)17/h2-4,11,18H,1H3. The summed E-state index contributed by atoms with van der Waals surface area (Å²) in [5.74, 6) is -1.17. The van der Waals surface area contributed by atoms with Gasteiger partial charge in [-0.25, -0.2) is 8.78 Å². The van der Waals surface area contributed by atoms with E-state index in [9.17, 15) is 8.78 Å². The van der Waals surface area contributed by atoms with Crippen LogP contribution in [0.3, 0.4) is 0 Å². The van der Waals surface area contributed by atoms with Gasteiger partial charge in [-0.2, -0.15) is 0 Å². The molecule has 1 nitrogen and oxygen atoms in total. The Hall–Kier alpha value is 0.180. The number of nitrogens with one attached hydrogen (secondary N) is 1. The number of benzene rings is 1. The lowest BCUT2D eigenvalue weighted by atomic mass is 10.0. The van der Waals surface area contributed by atoms with Crippen molar-refractivity contribution in [1.29, 1.82) is 0 Å². The van der Waals surface area contributed by atoms with Crippen molar-refractivity contribution in [3.8, 4) is 0 Å². The molecule has 0 fully saturated rings. The van der Waals surface area contributed by atoms with Gasteiger partial charge >= 0.3 is 0 Å². The number of thiophene rings is 1. The molecule has 1 heterocycles. The number of halogens is 5. The third kappa shape index (κ3) is 3.26. The summed E-state index contributed by atoms with van der Waals surface area (Å²) in [4.78, 5) is 0. The van der Waals surface area contributed by atoms with Crippen LogP contribution in [0.25, 0.3) is 0 Å². The molecule has 2 aromatic rings. The van der Waals surface area contributed by atoms with Gasteiger partial charge in [0.2, 0.25) is 0 Å². The van der Waals surface area contributed by atoms with Crippen LogP contribution >= 0.6 is 59.1 Å². The smallest absolute Gasteiger partial charge is 0.132 e. The van der Waals surface area contributed by atoms with E-state index in [-0.39, 0.29) is 5.56 Å². The molecule has 1 unspecified atom stereocenters. The molecule has 0 aliphatic heterocycles. The van der Waals surface area contributed by atoms with Gasteiger partial charge in [-0.3, -0.25) is 0 Å². The minimum absolute atomic E-state index is 0.0108. The molecule has 0 radical (unpaired) electrons. The third-order valence-corrected chi connectivity index (χ3v) is 5.46. The molecule has 19 heavy (non-hydrogen) atoms. The van der Waals surface area contributed by atoms with Crippen LogP contribution in [0, 0.1) is 11.6 Å². The molecule has 1 atom stereocenters. The fraction of sp³-hybridized carbons (Fsp3) is 0.167. The van der Waals surface area contributed by atoms with E-state index in [2.05, 4.69) is 53.1 Å². The molecule has 0 bridgehead atoms. The van der Waals surface area contributed by atoms with Gasteiger partial charge in [-0.1, -0.05) is 15.9 Å². The van der Waals surface area contributed by atoms with Crippen molar-refractivity contribution in [3.63, 3.8) is 0 Å². The third-order valence-electron chi connectivity index (χ3n) is 2.62. The first-order valence-corrected chi connectivity index (χ1v) is 8.40. The topological polar surface area (TPSA) is 12.0 Å². The molecule has 2 rings (SSSR count). The average Bonchev–Trinajstić information content (AvgIpc) is 2.62. The van der Waals surface area contributed by atoms with Crippen LogP contribution in [0.5, 0.6) is 0 Å². The zero-order valence-corrected chi connectivity index (χ0v) is 15.2. The fourth-order valence-corrected chi connectivity index (χ4v) is 5.14. The lowest BCUT2D eigenvalue weighted by Gasteiger charge is -2.18. The van der Waals surface area contributed by atoms with Crippen molar-refractivity contribution in [3.05, 3.63) is 53.0 Å². The maximum absolute atomic E-state index is 14.0. The molecule has 0 aliphatic carbocycles. The van der Waals surface area contributed by atoms with Gasteiger partial charge in [0.05, 0.1) is 13.6 Å². The summed E-state index contributed by atoms with van der Waals surface area (Å²) in [6.45, 7) is 0. The first kappa shape index (κ1) is 15.6. The fourth-order valence-electron chi connectivity index (χ4n) is 1.83. The lowest BCUT2D eigenvalue weighted by Crippen LogP contribution is -2.20. The molecule has 1 aromatic heterocycles. The summed E-state index contributed by atoms with van der Waals surface area (Å²) in [5.41, 5.74) is 0.802. The SMILES string of the molecule is CNC(c1cc(Br)sc1Br)c1c(F)cc(Br)cc1F. The van der Waals surface area contributed by atoms with Gasteiger partial charge in [-0.05, 0) is 62.7 Å². The van der Waals surface area contributed by atoms with Gasteiger partial charge < -0.3 is 5.32 Å². The summed E-state index contributed by atoms with van der Waals surface area (Å²) in [6.07, 6.45) is 0. The highest BCUT2D eigenvalue weighted by molar-refractivity contribution is 9.12. The molecule has 0 saturated carbocycles. The Kier molecular flexibility index (Phi) is 5.16. The van der Waals surface area contributed by atoms with Gasteiger partial charge in [0.25, 0.3) is 0 Å². The first-order valence-electron chi connectivity index (χ1n) is 5.20. The second kappa shape index (κ2) is 6.30. The van der Waals surface area contributed by atoms with Crippen LogP contribution in [0.2, 0.25) is 0 Å². The van der Waals surface area contributed by atoms with E-state index >= 15 is 0 Å². The maximum atomic E-state index is 14.0. The van der Waals surface area contributed by atoms with E-state index < -0.39 is 17.7 Å². The molecule has 1 N–H and O–H groups in total. The first-order chi connectivity index (χ1) is 8.93. The number of rotatable bonds is 3. The summed E-state index contributed by atoms with van der Waals surface area (Å²) in [5, 5.41) is 2.95. The maximum Gasteiger partial charge on any atom is 0.132 e. The Morgan fingerprint density at radius 2 is 1.68 bits per heavy atom.